The van der Waals surface area contributed by atoms with Crippen molar-refractivity contribution in [2.45, 2.75) is 0 Å². The molecule has 12 rings (SSSR count). The second-order valence-corrected chi connectivity index (χ2v) is 15.0. The summed E-state index contributed by atoms with van der Waals surface area (Å²) in [5.74, 6) is 0. The van der Waals surface area contributed by atoms with Crippen LogP contribution in [-0.4, -0.2) is 4.57 Å². The summed E-state index contributed by atoms with van der Waals surface area (Å²) in [6.07, 6.45) is 0. The third kappa shape index (κ3) is 3.72. The Kier molecular flexibility index (Phi) is 5.71. The zero-order valence-corrected chi connectivity index (χ0v) is 28.9. The molecule has 52 heavy (non-hydrogen) atoms. The van der Waals surface area contributed by atoms with Gasteiger partial charge in [0.1, 0.15) is 0 Å². The molecular weight excluding hydrogens is 647 g/mol. The van der Waals surface area contributed by atoms with Crippen LogP contribution in [0.5, 0.6) is 0 Å². The Hall–Kier alpha value is -6.48. The lowest BCUT2D eigenvalue weighted by Gasteiger charge is -2.15. The van der Waals surface area contributed by atoms with Gasteiger partial charge in [0.2, 0.25) is 0 Å². The highest BCUT2D eigenvalue weighted by Gasteiger charge is 2.24. The minimum Gasteiger partial charge on any atom is -0.308 e. The van der Waals surface area contributed by atoms with E-state index in [9.17, 15) is 0 Å². The smallest absolute Gasteiger partial charge is 0.0726 e. The molecule has 2 heterocycles. The van der Waals surface area contributed by atoms with Crippen molar-refractivity contribution in [3.63, 3.8) is 0 Å². The molecule has 240 valence electrons. The third-order valence-corrected chi connectivity index (χ3v) is 12.5. The molecule has 2 heteroatoms. The van der Waals surface area contributed by atoms with E-state index in [0.29, 0.717) is 0 Å². The summed E-state index contributed by atoms with van der Waals surface area (Å²) in [4.78, 5) is 0. The molecule has 0 radical (unpaired) electrons. The van der Waals surface area contributed by atoms with E-state index in [-0.39, 0.29) is 0 Å². The van der Waals surface area contributed by atoms with Crippen molar-refractivity contribution < 1.29 is 0 Å². The molecule has 0 saturated heterocycles. The molecule has 0 aliphatic carbocycles. The van der Waals surface area contributed by atoms with Crippen molar-refractivity contribution in [3.05, 3.63) is 176 Å². The van der Waals surface area contributed by atoms with Crippen LogP contribution >= 0.6 is 11.3 Å². The standard InChI is InChI=1S/C50H29NS/c1-2-14-33-31(13-1)29-42(37-18-4-3-15-34(33)37)30-25-27-32(28-26-30)51-43-23-11-9-21-40(43)47-45-38-19-7-5-16-35(38)36-17-6-8-20-39(36)46(45)48-41-22-10-12-24-44(41)52-50(48)49(47)51/h1-29H. The number of hydrogen-bond acceptors (Lipinski definition) is 1. The fraction of sp³-hybridized carbons (Fsp3) is 0. The van der Waals surface area contributed by atoms with E-state index in [1.54, 1.807) is 0 Å². The van der Waals surface area contributed by atoms with Crippen LogP contribution in [0.25, 0.3) is 113 Å². The minimum atomic E-state index is 1.17. The fourth-order valence-corrected chi connectivity index (χ4v) is 10.4. The second-order valence-electron chi connectivity index (χ2n) is 14.0. The number of hydrogen-bond donors (Lipinski definition) is 0. The highest BCUT2D eigenvalue weighted by molar-refractivity contribution is 7.27. The molecule has 0 amide bonds. The predicted molar refractivity (Wildman–Crippen MR) is 227 cm³/mol. The summed E-state index contributed by atoms with van der Waals surface area (Å²) in [5.41, 5.74) is 6.17. The van der Waals surface area contributed by atoms with Gasteiger partial charge in [-0.3, -0.25) is 0 Å². The van der Waals surface area contributed by atoms with Crippen molar-refractivity contribution in [1.29, 1.82) is 0 Å². The van der Waals surface area contributed by atoms with Crippen LogP contribution in [-0.2, 0) is 0 Å². The third-order valence-electron chi connectivity index (χ3n) is 11.3. The van der Waals surface area contributed by atoms with E-state index in [2.05, 4.69) is 180 Å². The molecule has 0 N–H and O–H groups in total. The molecular formula is C50H29NS. The van der Waals surface area contributed by atoms with Crippen LogP contribution in [0.1, 0.15) is 0 Å². The van der Waals surface area contributed by atoms with Crippen LogP contribution in [0.4, 0.5) is 0 Å². The number of aromatic nitrogens is 1. The molecule has 0 unspecified atom stereocenters. The average Bonchev–Trinajstić information content (AvgIpc) is 3.77. The first kappa shape index (κ1) is 28.2. The zero-order valence-electron chi connectivity index (χ0n) is 28.1. The first-order valence-corrected chi connectivity index (χ1v) is 18.8. The highest BCUT2D eigenvalue weighted by atomic mass is 32.1. The molecule has 12 aromatic rings. The van der Waals surface area contributed by atoms with Crippen LogP contribution < -0.4 is 0 Å². The molecule has 0 bridgehead atoms. The van der Waals surface area contributed by atoms with Crippen molar-refractivity contribution in [1.82, 2.24) is 4.57 Å². The summed E-state index contributed by atoms with van der Waals surface area (Å²) in [5, 5.41) is 18.4. The first-order valence-electron chi connectivity index (χ1n) is 17.9. The predicted octanol–water partition coefficient (Wildman–Crippen LogP) is 14.6. The van der Waals surface area contributed by atoms with Crippen LogP contribution in [0.15, 0.2) is 176 Å². The summed E-state index contributed by atoms with van der Waals surface area (Å²) in [6.45, 7) is 0. The number of thiophene rings is 1. The normalized spacial score (nSPS) is 12.2. The van der Waals surface area contributed by atoms with E-state index in [1.807, 2.05) is 11.3 Å². The van der Waals surface area contributed by atoms with Crippen molar-refractivity contribution in [2.24, 2.45) is 0 Å². The van der Waals surface area contributed by atoms with Gasteiger partial charge >= 0.3 is 0 Å². The van der Waals surface area contributed by atoms with E-state index >= 15 is 0 Å². The molecule has 2 aromatic heterocycles. The van der Waals surface area contributed by atoms with Gasteiger partial charge in [0, 0.05) is 42.7 Å². The van der Waals surface area contributed by atoms with Gasteiger partial charge in [-0.25, -0.2) is 0 Å². The molecule has 0 fully saturated rings. The number of para-hydroxylation sites is 1. The van der Waals surface area contributed by atoms with Crippen LogP contribution in [0.2, 0.25) is 0 Å². The summed E-state index contributed by atoms with van der Waals surface area (Å²) >= 11 is 1.93. The maximum atomic E-state index is 2.54. The lowest BCUT2D eigenvalue weighted by atomic mass is 9.89. The van der Waals surface area contributed by atoms with E-state index in [1.165, 1.54) is 113 Å². The zero-order chi connectivity index (χ0) is 33.9. The van der Waals surface area contributed by atoms with Gasteiger partial charge in [0.25, 0.3) is 0 Å². The first-order chi connectivity index (χ1) is 25.8. The van der Waals surface area contributed by atoms with E-state index in [4.69, 9.17) is 0 Å². The molecule has 0 saturated carbocycles. The van der Waals surface area contributed by atoms with Gasteiger partial charge in [-0.05, 0) is 84.5 Å². The van der Waals surface area contributed by atoms with E-state index in [0.717, 1.165) is 0 Å². The molecule has 0 atom stereocenters. The maximum absolute atomic E-state index is 2.54. The lowest BCUT2D eigenvalue weighted by molar-refractivity contribution is 1.19. The summed E-state index contributed by atoms with van der Waals surface area (Å²) in [7, 11) is 0. The Morgan fingerprint density at radius 1 is 0.365 bits per heavy atom. The van der Waals surface area contributed by atoms with Gasteiger partial charge in [-0.1, -0.05) is 146 Å². The summed E-state index contributed by atoms with van der Waals surface area (Å²) in [6, 6.07) is 65.2. The van der Waals surface area contributed by atoms with Crippen molar-refractivity contribution in [3.8, 4) is 16.8 Å². The van der Waals surface area contributed by atoms with Gasteiger partial charge < -0.3 is 4.57 Å². The maximum Gasteiger partial charge on any atom is 0.0726 e. The number of rotatable bonds is 2. The minimum absolute atomic E-state index is 1.17. The second kappa shape index (κ2) is 10.5. The van der Waals surface area contributed by atoms with Crippen molar-refractivity contribution >= 4 is 107 Å². The highest BCUT2D eigenvalue weighted by Crippen LogP contribution is 2.51. The molecule has 0 spiro atoms. The van der Waals surface area contributed by atoms with E-state index < -0.39 is 0 Å². The Morgan fingerprint density at radius 2 is 0.885 bits per heavy atom. The average molecular weight is 676 g/mol. The topological polar surface area (TPSA) is 4.93 Å². The quantitative estimate of drug-likeness (QED) is 0.161. The Balaban J connectivity index is 1.24. The van der Waals surface area contributed by atoms with Crippen LogP contribution in [0, 0.1) is 0 Å². The number of fused-ring (bicyclic) bond motifs is 18. The van der Waals surface area contributed by atoms with Gasteiger partial charge in [0.05, 0.1) is 15.7 Å². The monoisotopic (exact) mass is 675 g/mol. The molecule has 0 aliphatic rings. The SMILES string of the molecule is c1ccc2c(c1)cc(-c1ccc(-n3c4ccccc4c4c5c6ccccc6c6ccccc6c5c5c6ccccc6sc5c43)cc1)c1ccccc12. The Morgan fingerprint density at radius 3 is 1.60 bits per heavy atom. The summed E-state index contributed by atoms with van der Waals surface area (Å²) < 4.78 is 5.19. The van der Waals surface area contributed by atoms with Gasteiger partial charge in [0.15, 0.2) is 0 Å². The number of benzene rings is 10. The van der Waals surface area contributed by atoms with Crippen LogP contribution in [0.3, 0.4) is 0 Å². The molecule has 1 nitrogen and oxygen atoms in total. The van der Waals surface area contributed by atoms with Crippen molar-refractivity contribution in [2.75, 3.05) is 0 Å². The molecule has 10 aromatic carbocycles. The largest absolute Gasteiger partial charge is 0.308 e. The van der Waals surface area contributed by atoms with Gasteiger partial charge in [-0.2, -0.15) is 0 Å². The number of nitrogens with zero attached hydrogens (tertiary/aromatic N) is 1. The molecule has 0 aliphatic heterocycles. The lowest BCUT2D eigenvalue weighted by Crippen LogP contribution is -1.95. The van der Waals surface area contributed by atoms with Gasteiger partial charge in [-0.15, -0.1) is 11.3 Å². The Bertz CT molecular complexity index is 3450. The fourth-order valence-electron chi connectivity index (χ4n) is 9.18. The Labute approximate surface area is 303 Å².